The second kappa shape index (κ2) is 6.58. The highest BCUT2D eigenvalue weighted by Crippen LogP contribution is 2.20. The summed E-state index contributed by atoms with van der Waals surface area (Å²) in [7, 11) is 0. The molecule has 2 heteroatoms. The molecule has 0 radical (unpaired) electrons. The van der Waals surface area contributed by atoms with Gasteiger partial charge in [-0.2, -0.15) is 0 Å². The molecule has 1 N–H and O–H groups in total. The molecule has 1 unspecified atom stereocenters. The van der Waals surface area contributed by atoms with Gasteiger partial charge in [-0.15, -0.1) is 0 Å². The molecule has 0 saturated heterocycles. The maximum absolute atomic E-state index is 3.51. The normalized spacial score (nSPS) is 12.8. The van der Waals surface area contributed by atoms with Gasteiger partial charge in [0.1, 0.15) is 0 Å². The molecular weight excluding hydrogens is 232 g/mol. The Hall–Kier alpha value is -1.54. The number of hydrogen-bond acceptors (Lipinski definition) is 1. The minimum Gasteiger partial charge on any atom is -0.343 e. The van der Waals surface area contributed by atoms with Gasteiger partial charge < -0.3 is 9.88 Å². The van der Waals surface area contributed by atoms with E-state index in [1.807, 2.05) is 0 Å². The number of benzene rings is 1. The Balaban J connectivity index is 2.06. The van der Waals surface area contributed by atoms with Crippen molar-refractivity contribution in [2.75, 3.05) is 6.54 Å². The third-order valence-corrected chi connectivity index (χ3v) is 3.42. The van der Waals surface area contributed by atoms with Crippen molar-refractivity contribution < 1.29 is 0 Å². The predicted molar refractivity (Wildman–Crippen MR) is 81.2 cm³/mol. The summed E-state index contributed by atoms with van der Waals surface area (Å²) in [5.41, 5.74) is 2.70. The molecule has 1 aromatic carbocycles. The summed E-state index contributed by atoms with van der Waals surface area (Å²) in [4.78, 5) is 0. The van der Waals surface area contributed by atoms with Gasteiger partial charge in [-0.25, -0.2) is 0 Å². The van der Waals surface area contributed by atoms with Crippen LogP contribution in [0.4, 0.5) is 0 Å². The van der Waals surface area contributed by atoms with E-state index in [4.69, 9.17) is 0 Å². The molecule has 19 heavy (non-hydrogen) atoms. The molecule has 1 atom stereocenters. The Labute approximate surface area is 116 Å². The molecule has 2 aromatic rings. The molecule has 0 fully saturated rings. The molecule has 0 bridgehead atoms. The molecule has 1 heterocycles. The van der Waals surface area contributed by atoms with Crippen LogP contribution in [0.25, 0.3) is 0 Å². The van der Waals surface area contributed by atoms with E-state index in [1.54, 1.807) is 0 Å². The second-order valence-electron chi connectivity index (χ2n) is 5.52. The minimum absolute atomic E-state index is 0.382. The van der Waals surface area contributed by atoms with Gasteiger partial charge in [0.05, 0.1) is 6.04 Å². The monoisotopic (exact) mass is 256 g/mol. The van der Waals surface area contributed by atoms with Crippen LogP contribution in [0.3, 0.4) is 0 Å². The number of hydrogen-bond donors (Lipinski definition) is 1. The Morgan fingerprint density at radius 1 is 1.00 bits per heavy atom. The van der Waals surface area contributed by atoms with Gasteiger partial charge in [0.15, 0.2) is 0 Å². The second-order valence-corrected chi connectivity index (χ2v) is 5.52. The average Bonchev–Trinajstić information content (AvgIpc) is 2.87. The lowest BCUT2D eigenvalue weighted by Gasteiger charge is -2.18. The first-order valence-electron chi connectivity index (χ1n) is 7.10. The van der Waals surface area contributed by atoms with Crippen LogP contribution in [0.1, 0.15) is 38.1 Å². The van der Waals surface area contributed by atoms with Crippen molar-refractivity contribution in [1.82, 2.24) is 9.88 Å². The van der Waals surface area contributed by atoms with Crippen molar-refractivity contribution in [1.29, 1.82) is 0 Å². The smallest absolute Gasteiger partial charge is 0.0555 e. The third kappa shape index (κ3) is 3.71. The first kappa shape index (κ1) is 13.9. The first-order valence-corrected chi connectivity index (χ1v) is 7.10. The van der Waals surface area contributed by atoms with Gasteiger partial charge in [0.25, 0.3) is 0 Å². The van der Waals surface area contributed by atoms with Gasteiger partial charge in [-0.3, -0.25) is 0 Å². The summed E-state index contributed by atoms with van der Waals surface area (Å²) >= 11 is 0. The fraction of sp³-hybridized carbons (Fsp3) is 0.412. The molecular formula is C17H24N2. The Morgan fingerprint density at radius 2 is 1.74 bits per heavy atom. The highest BCUT2D eigenvalue weighted by Gasteiger charge is 2.10. The maximum Gasteiger partial charge on any atom is 0.0555 e. The largest absolute Gasteiger partial charge is 0.343 e. The summed E-state index contributed by atoms with van der Waals surface area (Å²) < 4.78 is 2.35. The predicted octanol–water partition coefficient (Wildman–Crippen LogP) is 3.84. The van der Waals surface area contributed by atoms with Crippen molar-refractivity contribution in [3.63, 3.8) is 0 Å². The maximum atomic E-state index is 3.51. The van der Waals surface area contributed by atoms with Gasteiger partial charge in [-0.05, 0) is 37.1 Å². The first-order chi connectivity index (χ1) is 9.18. The van der Waals surface area contributed by atoms with Crippen LogP contribution in [0.2, 0.25) is 0 Å². The zero-order valence-corrected chi connectivity index (χ0v) is 12.1. The van der Waals surface area contributed by atoms with Gasteiger partial charge >= 0.3 is 0 Å². The van der Waals surface area contributed by atoms with Crippen molar-refractivity contribution >= 4 is 0 Å². The number of nitrogens with one attached hydrogen (secondary N) is 1. The van der Waals surface area contributed by atoms with Crippen molar-refractivity contribution in [3.8, 4) is 0 Å². The lowest BCUT2D eigenvalue weighted by molar-refractivity contribution is 0.525. The van der Waals surface area contributed by atoms with E-state index in [2.05, 4.69) is 79.3 Å². The lowest BCUT2D eigenvalue weighted by atomic mass is 10.1. The fourth-order valence-corrected chi connectivity index (χ4v) is 2.34. The SMILES string of the molecule is CC(C)CNCc1cccn1C(C)c1ccccc1. The highest BCUT2D eigenvalue weighted by atomic mass is 15.0. The minimum atomic E-state index is 0.382. The lowest BCUT2D eigenvalue weighted by Crippen LogP contribution is -2.21. The summed E-state index contributed by atoms with van der Waals surface area (Å²) in [6.07, 6.45) is 2.17. The average molecular weight is 256 g/mol. The number of rotatable bonds is 6. The summed E-state index contributed by atoms with van der Waals surface area (Å²) in [5, 5.41) is 3.51. The van der Waals surface area contributed by atoms with E-state index >= 15 is 0 Å². The standard InChI is InChI=1S/C17H24N2/c1-14(2)12-18-13-17-10-7-11-19(17)15(3)16-8-5-4-6-9-16/h4-11,14-15,18H,12-13H2,1-3H3. The topological polar surface area (TPSA) is 17.0 Å². The molecule has 0 amide bonds. The Kier molecular flexibility index (Phi) is 4.80. The van der Waals surface area contributed by atoms with Crippen molar-refractivity contribution in [2.45, 2.75) is 33.4 Å². The van der Waals surface area contributed by atoms with E-state index in [0.717, 1.165) is 13.1 Å². The van der Waals surface area contributed by atoms with E-state index in [-0.39, 0.29) is 0 Å². The number of nitrogens with zero attached hydrogens (tertiary/aromatic N) is 1. The molecule has 0 saturated carbocycles. The Bertz CT molecular complexity index is 485. The van der Waals surface area contributed by atoms with Crippen LogP contribution in [0, 0.1) is 5.92 Å². The van der Waals surface area contributed by atoms with Crippen LogP contribution in [0.15, 0.2) is 48.7 Å². The molecule has 0 aliphatic heterocycles. The van der Waals surface area contributed by atoms with Crippen LogP contribution in [0.5, 0.6) is 0 Å². The van der Waals surface area contributed by atoms with Crippen LogP contribution < -0.4 is 5.32 Å². The molecule has 0 spiro atoms. The van der Waals surface area contributed by atoms with Gasteiger partial charge in [0.2, 0.25) is 0 Å². The van der Waals surface area contributed by atoms with Gasteiger partial charge in [-0.1, -0.05) is 44.2 Å². The zero-order valence-electron chi connectivity index (χ0n) is 12.1. The highest BCUT2D eigenvalue weighted by molar-refractivity contribution is 5.21. The van der Waals surface area contributed by atoms with Gasteiger partial charge in [0, 0.05) is 18.4 Å². The summed E-state index contributed by atoms with van der Waals surface area (Å²) in [5.74, 6) is 0.690. The zero-order chi connectivity index (χ0) is 13.7. The fourth-order valence-electron chi connectivity index (χ4n) is 2.34. The van der Waals surface area contributed by atoms with Crippen LogP contribution in [-0.2, 0) is 6.54 Å². The van der Waals surface area contributed by atoms with E-state index in [0.29, 0.717) is 12.0 Å². The van der Waals surface area contributed by atoms with Crippen LogP contribution in [-0.4, -0.2) is 11.1 Å². The third-order valence-electron chi connectivity index (χ3n) is 3.42. The van der Waals surface area contributed by atoms with Crippen molar-refractivity contribution in [3.05, 3.63) is 59.9 Å². The quantitative estimate of drug-likeness (QED) is 0.831. The summed E-state index contributed by atoms with van der Waals surface area (Å²) in [6.45, 7) is 8.71. The van der Waals surface area contributed by atoms with E-state index in [1.165, 1.54) is 11.3 Å². The molecule has 102 valence electrons. The molecule has 0 aliphatic rings. The van der Waals surface area contributed by atoms with Crippen molar-refractivity contribution in [2.24, 2.45) is 5.92 Å². The van der Waals surface area contributed by atoms with Crippen LogP contribution >= 0.6 is 0 Å². The molecule has 2 rings (SSSR count). The molecule has 1 aromatic heterocycles. The molecule has 0 aliphatic carbocycles. The molecule has 2 nitrogen and oxygen atoms in total. The Morgan fingerprint density at radius 3 is 2.42 bits per heavy atom. The summed E-state index contributed by atoms with van der Waals surface area (Å²) in [6, 6.07) is 15.4. The van der Waals surface area contributed by atoms with E-state index < -0.39 is 0 Å². The van der Waals surface area contributed by atoms with E-state index in [9.17, 15) is 0 Å². The number of aromatic nitrogens is 1.